The molecule has 0 aliphatic carbocycles. The van der Waals surface area contributed by atoms with Gasteiger partial charge in [0.25, 0.3) is 0 Å². The van der Waals surface area contributed by atoms with Gasteiger partial charge < -0.3 is 34.4 Å². The topological polar surface area (TPSA) is 230 Å². The van der Waals surface area contributed by atoms with Crippen LogP contribution in [0.3, 0.4) is 0 Å². The van der Waals surface area contributed by atoms with Gasteiger partial charge in [-0.05, 0) is 0 Å². The van der Waals surface area contributed by atoms with E-state index in [9.17, 15) is 0 Å². The molecule has 0 bridgehead atoms. The van der Waals surface area contributed by atoms with Gasteiger partial charge in [0.15, 0.2) is 0 Å². The summed E-state index contributed by atoms with van der Waals surface area (Å²) in [5.74, 6) is 0. The molecule has 0 aliphatic rings. The quantitative estimate of drug-likeness (QED) is 0.147. The molecule has 0 rings (SSSR count). The van der Waals surface area contributed by atoms with Gasteiger partial charge in [-0.15, -0.1) is 0 Å². The van der Waals surface area contributed by atoms with Gasteiger partial charge in [0, 0.05) is 87.7 Å². The van der Waals surface area contributed by atoms with Crippen LogP contribution in [-0.4, -0.2) is 88.5 Å². The first-order valence-corrected chi connectivity index (χ1v) is 6.10. The molecule has 0 amide bonds. The highest BCUT2D eigenvalue weighted by atomic mass is 14.8. The molecule has 0 saturated heterocycles. The standard InChI is InChI=1S/3C4H8N4.6B/c3*5-3-7-1-2-8-4-6;;;;;;/h3*1-4H,(H2,5,7)(H2,6,8);;;;;;/b3*2-1+;;;;;;. The lowest BCUT2D eigenvalue weighted by atomic mass is 10.8. The van der Waals surface area contributed by atoms with Crippen LogP contribution >= 0.6 is 0 Å². The van der Waals surface area contributed by atoms with E-state index in [-0.39, 0.29) is 50.5 Å². The van der Waals surface area contributed by atoms with Gasteiger partial charge >= 0.3 is 0 Å². The molecule has 12 N–H and O–H groups in total. The Kier molecular flexibility index (Phi) is 137. The van der Waals surface area contributed by atoms with Gasteiger partial charge in [0.1, 0.15) is 0 Å². The summed E-state index contributed by atoms with van der Waals surface area (Å²) < 4.78 is 0. The summed E-state index contributed by atoms with van der Waals surface area (Å²) in [5, 5.41) is 0. The fourth-order valence-corrected chi connectivity index (χ4v) is 0.529. The number of hydrogen-bond acceptors (Lipinski definition) is 6. The van der Waals surface area contributed by atoms with Crippen LogP contribution in [0.2, 0.25) is 0 Å². The normalized spacial score (nSPS) is 10.0. The van der Waals surface area contributed by atoms with Crippen LogP contribution in [0.15, 0.2) is 67.2 Å². The molecule has 0 aromatic carbocycles. The first-order valence-electron chi connectivity index (χ1n) is 6.10. The van der Waals surface area contributed by atoms with Gasteiger partial charge in [-0.25, -0.2) is 30.0 Å². The second-order valence-corrected chi connectivity index (χ2v) is 2.68. The van der Waals surface area contributed by atoms with Crippen molar-refractivity contribution in [2.45, 2.75) is 0 Å². The second kappa shape index (κ2) is 72.9. The molecule has 0 spiro atoms. The molecule has 18 radical (unpaired) electrons. The summed E-state index contributed by atoms with van der Waals surface area (Å²) in [4.78, 5) is 21.1. The molecule has 0 unspecified atom stereocenters. The van der Waals surface area contributed by atoms with Crippen molar-refractivity contribution in [1.82, 2.24) is 0 Å². The number of aliphatic imine (C=N–C) groups is 6. The third-order valence-electron chi connectivity index (χ3n) is 1.23. The fraction of sp³-hybridized carbons (Fsp3) is 0. The Balaban J connectivity index is -0.0000000286. The Hall–Kier alpha value is -3.57. The third kappa shape index (κ3) is 103. The highest BCUT2D eigenvalue weighted by Gasteiger charge is 1.56. The SMILES string of the molecule is NC=N/C=C/N=CN.NC=N/C=C/N=CN.NC=N/C=C/N=CN.[B].[B].[B].[B].[B].[B]. The minimum Gasteiger partial charge on any atom is -0.390 e. The monoisotopic (exact) mass is 402 g/mol. The van der Waals surface area contributed by atoms with Crippen LogP contribution in [0, 0.1) is 0 Å². The van der Waals surface area contributed by atoms with Crippen LogP contribution in [-0.2, 0) is 0 Å². The van der Waals surface area contributed by atoms with E-state index in [4.69, 9.17) is 34.4 Å². The van der Waals surface area contributed by atoms with E-state index < -0.39 is 0 Å². The van der Waals surface area contributed by atoms with Gasteiger partial charge in [0.05, 0.1) is 38.0 Å². The Morgan fingerprint density at radius 2 is 0.367 bits per heavy atom. The van der Waals surface area contributed by atoms with Crippen LogP contribution in [0.25, 0.3) is 0 Å². The average molecular weight is 401 g/mol. The van der Waals surface area contributed by atoms with E-state index in [1.807, 2.05) is 0 Å². The van der Waals surface area contributed by atoms with Crippen molar-refractivity contribution in [3.8, 4) is 0 Å². The fourth-order valence-electron chi connectivity index (χ4n) is 0.529. The van der Waals surface area contributed by atoms with E-state index in [0.29, 0.717) is 0 Å². The van der Waals surface area contributed by atoms with E-state index in [1.54, 1.807) is 0 Å². The average Bonchev–Trinajstić information content (AvgIpc) is 2.61. The van der Waals surface area contributed by atoms with E-state index in [2.05, 4.69) is 30.0 Å². The smallest absolute Gasteiger partial charge is 0.0853 e. The zero-order valence-electron chi connectivity index (χ0n) is 16.5. The van der Waals surface area contributed by atoms with Crippen molar-refractivity contribution in [3.63, 3.8) is 0 Å². The number of rotatable bonds is 6. The number of nitrogens with zero attached hydrogens (tertiary/aromatic N) is 6. The molecule has 0 saturated carbocycles. The third-order valence-corrected chi connectivity index (χ3v) is 1.23. The molecule has 0 heterocycles. The van der Waals surface area contributed by atoms with Gasteiger partial charge in [0.2, 0.25) is 0 Å². The van der Waals surface area contributed by atoms with Gasteiger partial charge in [-0.3, -0.25) is 0 Å². The largest absolute Gasteiger partial charge is 0.390 e. The van der Waals surface area contributed by atoms with Crippen molar-refractivity contribution in [2.24, 2.45) is 64.4 Å². The van der Waals surface area contributed by atoms with Crippen molar-refractivity contribution < 1.29 is 0 Å². The maximum Gasteiger partial charge on any atom is 0.0853 e. The van der Waals surface area contributed by atoms with Crippen LogP contribution in [0.5, 0.6) is 0 Å². The van der Waals surface area contributed by atoms with Crippen molar-refractivity contribution in [2.75, 3.05) is 0 Å². The lowest BCUT2D eigenvalue weighted by molar-refractivity contribution is 1.46. The zero-order chi connectivity index (χ0) is 18.7. The molecule has 18 heteroatoms. The minimum atomic E-state index is 0. The lowest BCUT2D eigenvalue weighted by Gasteiger charge is -1.70. The maximum absolute atomic E-state index is 4.88. The molecule has 12 nitrogen and oxygen atoms in total. The van der Waals surface area contributed by atoms with Gasteiger partial charge in [-0.2, -0.15) is 0 Å². The Morgan fingerprint density at radius 3 is 0.433 bits per heavy atom. The molecule has 30 heavy (non-hydrogen) atoms. The second-order valence-electron chi connectivity index (χ2n) is 2.68. The number of hydrogen-bond donors (Lipinski definition) is 6. The minimum absolute atomic E-state index is 0. The lowest BCUT2D eigenvalue weighted by Crippen LogP contribution is -1.86. The summed E-state index contributed by atoms with van der Waals surface area (Å²) in [5.41, 5.74) is 29.3. The summed E-state index contributed by atoms with van der Waals surface area (Å²) in [7, 11) is 0. The summed E-state index contributed by atoms with van der Waals surface area (Å²) >= 11 is 0. The Labute approximate surface area is 190 Å². The molecule has 0 aliphatic heterocycles. The summed E-state index contributed by atoms with van der Waals surface area (Å²) in [6, 6.07) is 0. The first kappa shape index (κ1) is 56.3. The molecular formula is C12H24B6N12. The van der Waals surface area contributed by atoms with Crippen molar-refractivity contribution in [3.05, 3.63) is 37.2 Å². The van der Waals surface area contributed by atoms with Crippen LogP contribution in [0.1, 0.15) is 0 Å². The predicted molar refractivity (Wildman–Crippen MR) is 138 cm³/mol. The maximum atomic E-state index is 4.88. The van der Waals surface area contributed by atoms with Gasteiger partial charge in [-0.1, -0.05) is 0 Å². The highest BCUT2D eigenvalue weighted by Crippen LogP contribution is 1.71. The summed E-state index contributed by atoms with van der Waals surface area (Å²) in [6.07, 6.45) is 15.6. The predicted octanol–water partition coefficient (Wildman–Crippen LogP) is -3.99. The molecule has 0 fully saturated rings. The molecule has 0 aromatic heterocycles. The highest BCUT2D eigenvalue weighted by molar-refractivity contribution is 5.76. The molecule has 0 atom stereocenters. The Bertz CT molecular complexity index is 391. The zero-order valence-corrected chi connectivity index (χ0v) is 16.5. The Morgan fingerprint density at radius 1 is 0.267 bits per heavy atom. The van der Waals surface area contributed by atoms with Crippen LogP contribution < -0.4 is 34.4 Å². The van der Waals surface area contributed by atoms with Crippen molar-refractivity contribution in [1.29, 1.82) is 0 Å². The molecule has 150 valence electrons. The van der Waals surface area contributed by atoms with E-state index in [1.165, 1.54) is 75.2 Å². The molecule has 0 aromatic rings. The first-order chi connectivity index (χ1) is 11.7. The van der Waals surface area contributed by atoms with E-state index >= 15 is 0 Å². The van der Waals surface area contributed by atoms with Crippen LogP contribution in [0.4, 0.5) is 0 Å². The molecular weight excluding hydrogens is 377 g/mol. The summed E-state index contributed by atoms with van der Waals surface area (Å²) in [6.45, 7) is 0. The van der Waals surface area contributed by atoms with E-state index in [0.717, 1.165) is 0 Å². The number of nitrogens with two attached hydrogens (primary N) is 6. The van der Waals surface area contributed by atoms with Crippen molar-refractivity contribution >= 4 is 88.5 Å².